The lowest BCUT2D eigenvalue weighted by Crippen LogP contribution is -2.48. The fraction of sp³-hybridized carbons (Fsp3) is 0.909. The predicted octanol–water partition coefficient (Wildman–Crippen LogP) is -0.439. The van der Waals surface area contributed by atoms with Gasteiger partial charge in [0.2, 0.25) is 5.91 Å². The highest BCUT2D eigenvalue weighted by Gasteiger charge is 2.26. The molecule has 1 aliphatic heterocycles. The summed E-state index contributed by atoms with van der Waals surface area (Å²) in [7, 11) is 1.68. The number of nitrogens with two attached hydrogens (primary N) is 1. The van der Waals surface area contributed by atoms with Crippen LogP contribution in [0.4, 0.5) is 0 Å². The Balaban J connectivity index is 2.28. The van der Waals surface area contributed by atoms with E-state index in [-0.39, 0.29) is 11.9 Å². The number of carbonyl (C=O) groups is 1. The highest BCUT2D eigenvalue weighted by Crippen LogP contribution is 2.15. The van der Waals surface area contributed by atoms with Crippen molar-refractivity contribution in [1.29, 1.82) is 0 Å². The second-order valence-corrected chi connectivity index (χ2v) is 4.19. The summed E-state index contributed by atoms with van der Waals surface area (Å²) in [5, 5.41) is 2.68. The molecule has 1 fully saturated rings. The molecule has 0 saturated carbocycles. The molecule has 0 spiro atoms. The van der Waals surface area contributed by atoms with Crippen LogP contribution in [0.25, 0.3) is 0 Å². The van der Waals surface area contributed by atoms with Gasteiger partial charge in [-0.3, -0.25) is 9.69 Å². The van der Waals surface area contributed by atoms with Gasteiger partial charge < -0.3 is 15.8 Å². The summed E-state index contributed by atoms with van der Waals surface area (Å²) in [4.78, 5) is 13.7. The number of likely N-dealkylation sites (tertiary alicyclic amines) is 1. The third-order valence-corrected chi connectivity index (χ3v) is 3.12. The smallest absolute Gasteiger partial charge is 0.236 e. The number of carbonyl (C=O) groups excluding carboxylic acids is 1. The van der Waals surface area contributed by atoms with Gasteiger partial charge in [0, 0.05) is 26.7 Å². The van der Waals surface area contributed by atoms with Crippen molar-refractivity contribution in [1.82, 2.24) is 10.2 Å². The van der Waals surface area contributed by atoms with Crippen LogP contribution < -0.4 is 11.1 Å². The van der Waals surface area contributed by atoms with Crippen molar-refractivity contribution < 1.29 is 9.53 Å². The van der Waals surface area contributed by atoms with Gasteiger partial charge in [0.15, 0.2) is 0 Å². The molecule has 16 heavy (non-hydrogen) atoms. The van der Waals surface area contributed by atoms with E-state index in [1.807, 2.05) is 6.92 Å². The number of ether oxygens (including phenoxy) is 1. The molecular formula is C11H23N3O2. The number of amides is 1. The second kappa shape index (κ2) is 6.83. The molecule has 1 aliphatic rings. The van der Waals surface area contributed by atoms with E-state index < -0.39 is 0 Å². The van der Waals surface area contributed by atoms with Gasteiger partial charge in [-0.1, -0.05) is 0 Å². The maximum atomic E-state index is 11.5. The Kier molecular flexibility index (Phi) is 5.73. The van der Waals surface area contributed by atoms with Crippen molar-refractivity contribution in [2.75, 3.05) is 33.3 Å². The van der Waals surface area contributed by atoms with Crippen molar-refractivity contribution in [3.63, 3.8) is 0 Å². The monoisotopic (exact) mass is 229 g/mol. The first kappa shape index (κ1) is 13.4. The van der Waals surface area contributed by atoms with Gasteiger partial charge in [-0.05, 0) is 19.8 Å². The molecule has 5 nitrogen and oxygen atoms in total. The van der Waals surface area contributed by atoms with Crippen LogP contribution in [0, 0.1) is 0 Å². The second-order valence-electron chi connectivity index (χ2n) is 4.19. The highest BCUT2D eigenvalue weighted by molar-refractivity contribution is 5.80. The van der Waals surface area contributed by atoms with E-state index in [1.165, 1.54) is 0 Å². The molecule has 1 heterocycles. The molecule has 0 aromatic rings. The summed E-state index contributed by atoms with van der Waals surface area (Å²) in [6, 6.07) is -0.0412. The van der Waals surface area contributed by atoms with Crippen LogP contribution >= 0.6 is 0 Å². The van der Waals surface area contributed by atoms with Gasteiger partial charge in [0.05, 0.1) is 18.8 Å². The zero-order chi connectivity index (χ0) is 12.0. The van der Waals surface area contributed by atoms with Gasteiger partial charge in [-0.25, -0.2) is 0 Å². The lowest BCUT2D eigenvalue weighted by Gasteiger charge is -2.34. The van der Waals surface area contributed by atoms with Crippen LogP contribution in [0.15, 0.2) is 0 Å². The van der Waals surface area contributed by atoms with Gasteiger partial charge in [0.25, 0.3) is 0 Å². The number of hydrogen-bond acceptors (Lipinski definition) is 4. The summed E-state index contributed by atoms with van der Waals surface area (Å²) >= 11 is 0. The third-order valence-electron chi connectivity index (χ3n) is 3.12. The van der Waals surface area contributed by atoms with E-state index in [9.17, 15) is 4.79 Å². The van der Waals surface area contributed by atoms with Gasteiger partial charge in [0.1, 0.15) is 0 Å². The predicted molar refractivity (Wildman–Crippen MR) is 63.1 cm³/mol. The zero-order valence-corrected chi connectivity index (χ0v) is 10.2. The fourth-order valence-corrected chi connectivity index (χ4v) is 2.04. The van der Waals surface area contributed by atoms with E-state index in [0.717, 1.165) is 25.9 Å². The van der Waals surface area contributed by atoms with Gasteiger partial charge in [-0.2, -0.15) is 0 Å². The fourth-order valence-electron chi connectivity index (χ4n) is 2.04. The first-order chi connectivity index (χ1) is 7.69. The quantitative estimate of drug-likeness (QED) is 0.671. The third kappa shape index (κ3) is 3.73. The lowest BCUT2D eigenvalue weighted by atomic mass is 10.1. The average molecular weight is 229 g/mol. The maximum absolute atomic E-state index is 11.5. The lowest BCUT2D eigenvalue weighted by molar-refractivity contribution is -0.126. The summed E-state index contributed by atoms with van der Waals surface area (Å²) in [5.74, 6) is 0.0846. The first-order valence-electron chi connectivity index (χ1n) is 5.96. The van der Waals surface area contributed by atoms with Crippen LogP contribution in [-0.4, -0.2) is 56.2 Å². The molecule has 1 saturated heterocycles. The molecule has 1 atom stereocenters. The summed E-state index contributed by atoms with van der Waals surface area (Å²) in [5.41, 5.74) is 5.39. The van der Waals surface area contributed by atoms with Crippen LogP contribution in [0.3, 0.4) is 0 Å². The Morgan fingerprint density at radius 3 is 2.69 bits per heavy atom. The molecule has 1 amide bonds. The van der Waals surface area contributed by atoms with Crippen molar-refractivity contribution in [3.8, 4) is 0 Å². The Hall–Kier alpha value is -0.650. The summed E-state index contributed by atoms with van der Waals surface area (Å²) in [6.07, 6.45) is 2.29. The Labute approximate surface area is 97.3 Å². The van der Waals surface area contributed by atoms with E-state index in [1.54, 1.807) is 7.05 Å². The SMILES string of the molecule is CNC(=O)C(C)N1CCC(OCCN)CC1. The molecule has 0 bridgehead atoms. The Bertz CT molecular complexity index is 215. The molecule has 3 N–H and O–H groups in total. The van der Waals surface area contributed by atoms with Crippen LogP contribution in [0.5, 0.6) is 0 Å². The number of rotatable bonds is 5. The van der Waals surface area contributed by atoms with Gasteiger partial charge in [-0.15, -0.1) is 0 Å². The van der Waals surface area contributed by atoms with E-state index in [4.69, 9.17) is 10.5 Å². The van der Waals surface area contributed by atoms with Gasteiger partial charge >= 0.3 is 0 Å². The Morgan fingerprint density at radius 1 is 1.56 bits per heavy atom. The number of likely N-dealkylation sites (N-methyl/N-ethyl adjacent to an activating group) is 1. The van der Waals surface area contributed by atoms with Crippen LogP contribution in [0.1, 0.15) is 19.8 Å². The van der Waals surface area contributed by atoms with E-state index in [2.05, 4.69) is 10.2 Å². The normalized spacial score (nSPS) is 20.7. The Morgan fingerprint density at radius 2 is 2.19 bits per heavy atom. The molecule has 0 aromatic carbocycles. The molecule has 0 radical (unpaired) electrons. The first-order valence-corrected chi connectivity index (χ1v) is 5.96. The number of nitrogens with one attached hydrogen (secondary N) is 1. The van der Waals surface area contributed by atoms with Crippen molar-refractivity contribution in [3.05, 3.63) is 0 Å². The molecule has 0 aromatic heterocycles. The minimum atomic E-state index is -0.0412. The topological polar surface area (TPSA) is 67.6 Å². The molecule has 0 aliphatic carbocycles. The molecular weight excluding hydrogens is 206 g/mol. The number of hydrogen-bond donors (Lipinski definition) is 2. The van der Waals surface area contributed by atoms with E-state index in [0.29, 0.717) is 19.3 Å². The molecule has 5 heteroatoms. The van der Waals surface area contributed by atoms with Crippen molar-refractivity contribution in [2.24, 2.45) is 5.73 Å². The van der Waals surface area contributed by atoms with Crippen molar-refractivity contribution in [2.45, 2.75) is 31.9 Å². The minimum absolute atomic E-state index is 0.0412. The number of nitrogens with zero attached hydrogens (tertiary/aromatic N) is 1. The molecule has 1 rings (SSSR count). The average Bonchev–Trinajstić information content (AvgIpc) is 2.35. The van der Waals surface area contributed by atoms with Crippen LogP contribution in [-0.2, 0) is 9.53 Å². The number of piperidine rings is 1. The molecule has 94 valence electrons. The maximum Gasteiger partial charge on any atom is 0.236 e. The zero-order valence-electron chi connectivity index (χ0n) is 10.2. The highest BCUT2D eigenvalue weighted by atomic mass is 16.5. The minimum Gasteiger partial charge on any atom is -0.377 e. The summed E-state index contributed by atoms with van der Waals surface area (Å²) in [6.45, 7) is 5.00. The van der Waals surface area contributed by atoms with Crippen LogP contribution in [0.2, 0.25) is 0 Å². The largest absolute Gasteiger partial charge is 0.377 e. The summed E-state index contributed by atoms with van der Waals surface area (Å²) < 4.78 is 5.59. The van der Waals surface area contributed by atoms with E-state index >= 15 is 0 Å². The standard InChI is InChI=1S/C11H23N3O2/c1-9(11(15)13-2)14-6-3-10(4-7-14)16-8-5-12/h9-10H,3-8,12H2,1-2H3,(H,13,15). The van der Waals surface area contributed by atoms with Crippen molar-refractivity contribution >= 4 is 5.91 Å². The molecule has 1 unspecified atom stereocenters.